The summed E-state index contributed by atoms with van der Waals surface area (Å²) in [6, 6.07) is 13.5. The highest BCUT2D eigenvalue weighted by molar-refractivity contribution is 5.35. The number of pyridine rings is 1. The van der Waals surface area contributed by atoms with Crippen LogP contribution in [0.3, 0.4) is 0 Å². The molecule has 0 bridgehead atoms. The number of aromatic nitrogens is 1. The molecule has 1 atom stereocenters. The summed E-state index contributed by atoms with van der Waals surface area (Å²) in [6.07, 6.45) is 2.12. The Labute approximate surface area is 126 Å². The lowest BCUT2D eigenvalue weighted by molar-refractivity contribution is 0.124. The molecule has 0 aliphatic carbocycles. The average molecular weight is 286 g/mol. The molecule has 2 aromatic rings. The van der Waals surface area contributed by atoms with Crippen molar-refractivity contribution >= 4 is 0 Å². The van der Waals surface area contributed by atoms with Crippen LogP contribution in [-0.2, 0) is 6.42 Å². The maximum absolute atomic E-state index is 10.4. The fourth-order valence-corrected chi connectivity index (χ4v) is 2.28. The Bertz CT molecular complexity index is 545. The van der Waals surface area contributed by atoms with E-state index in [9.17, 15) is 5.11 Å². The number of aliphatic hydroxyl groups excluding tert-OH is 1. The number of likely N-dealkylation sites (N-methyl/N-ethyl adjacent to an activating group) is 1. The molecular formula is C17H22N2O2. The van der Waals surface area contributed by atoms with Crippen molar-refractivity contribution in [2.75, 3.05) is 27.2 Å². The quantitative estimate of drug-likeness (QED) is 0.848. The molecule has 0 aliphatic heterocycles. The Kier molecular flexibility index (Phi) is 5.72. The van der Waals surface area contributed by atoms with E-state index in [4.69, 9.17) is 4.74 Å². The van der Waals surface area contributed by atoms with Crippen LogP contribution in [0, 0.1) is 0 Å². The maximum Gasteiger partial charge on any atom is 0.124 e. The lowest BCUT2D eigenvalue weighted by Gasteiger charge is -2.21. The summed E-state index contributed by atoms with van der Waals surface area (Å²) in [5.41, 5.74) is 1.89. The van der Waals surface area contributed by atoms with E-state index in [0.29, 0.717) is 6.54 Å². The molecule has 0 radical (unpaired) electrons. The van der Waals surface area contributed by atoms with Crippen molar-refractivity contribution in [3.05, 3.63) is 59.9 Å². The first-order valence-corrected chi connectivity index (χ1v) is 7.10. The number of hydrogen-bond donors (Lipinski definition) is 1. The van der Waals surface area contributed by atoms with Crippen molar-refractivity contribution in [2.24, 2.45) is 0 Å². The van der Waals surface area contributed by atoms with E-state index in [2.05, 4.69) is 9.88 Å². The zero-order chi connectivity index (χ0) is 15.1. The van der Waals surface area contributed by atoms with Crippen LogP contribution in [0.2, 0.25) is 0 Å². The van der Waals surface area contributed by atoms with Crippen LogP contribution in [0.25, 0.3) is 0 Å². The fourth-order valence-electron chi connectivity index (χ4n) is 2.28. The summed E-state index contributed by atoms with van der Waals surface area (Å²) in [5.74, 6) is 0.725. The standard InChI is InChI=1S/C17H22N2O2/c1-19(12-10-14-7-5-6-11-18-14)13-16(20)15-8-3-4-9-17(15)21-2/h3-9,11,16,20H,10,12-13H2,1-2H3. The van der Waals surface area contributed by atoms with E-state index >= 15 is 0 Å². The second kappa shape index (κ2) is 7.76. The van der Waals surface area contributed by atoms with Gasteiger partial charge < -0.3 is 14.7 Å². The van der Waals surface area contributed by atoms with Gasteiger partial charge in [0.15, 0.2) is 0 Å². The van der Waals surface area contributed by atoms with Gasteiger partial charge in [0, 0.05) is 37.0 Å². The third kappa shape index (κ3) is 4.55. The molecule has 21 heavy (non-hydrogen) atoms. The molecule has 1 aromatic carbocycles. The van der Waals surface area contributed by atoms with Gasteiger partial charge in [0.1, 0.15) is 5.75 Å². The number of para-hydroxylation sites is 1. The number of ether oxygens (including phenoxy) is 1. The first kappa shape index (κ1) is 15.5. The molecule has 4 heteroatoms. The van der Waals surface area contributed by atoms with Gasteiger partial charge >= 0.3 is 0 Å². The largest absolute Gasteiger partial charge is 0.496 e. The van der Waals surface area contributed by atoms with Gasteiger partial charge in [-0.25, -0.2) is 0 Å². The number of nitrogens with zero attached hydrogens (tertiary/aromatic N) is 2. The van der Waals surface area contributed by atoms with Gasteiger partial charge in [0.05, 0.1) is 13.2 Å². The van der Waals surface area contributed by atoms with Gasteiger partial charge in [-0.3, -0.25) is 4.98 Å². The van der Waals surface area contributed by atoms with Crippen LogP contribution in [-0.4, -0.2) is 42.2 Å². The van der Waals surface area contributed by atoms with Gasteiger partial charge in [0.2, 0.25) is 0 Å². The molecule has 0 saturated heterocycles. The van der Waals surface area contributed by atoms with E-state index < -0.39 is 6.10 Å². The highest BCUT2D eigenvalue weighted by Crippen LogP contribution is 2.24. The SMILES string of the molecule is COc1ccccc1C(O)CN(C)CCc1ccccn1. The number of benzene rings is 1. The molecule has 0 fully saturated rings. The van der Waals surface area contributed by atoms with Gasteiger partial charge in [-0.05, 0) is 25.2 Å². The second-order valence-corrected chi connectivity index (χ2v) is 5.09. The fraction of sp³-hybridized carbons (Fsp3) is 0.353. The minimum absolute atomic E-state index is 0.560. The maximum atomic E-state index is 10.4. The Balaban J connectivity index is 1.88. The first-order chi connectivity index (χ1) is 10.2. The number of aliphatic hydroxyl groups is 1. The zero-order valence-corrected chi connectivity index (χ0v) is 12.6. The predicted molar refractivity (Wildman–Crippen MR) is 83.4 cm³/mol. The van der Waals surface area contributed by atoms with Crippen molar-refractivity contribution in [3.63, 3.8) is 0 Å². The van der Waals surface area contributed by atoms with Crippen LogP contribution in [0.15, 0.2) is 48.7 Å². The number of hydrogen-bond acceptors (Lipinski definition) is 4. The molecule has 112 valence electrons. The van der Waals surface area contributed by atoms with Gasteiger partial charge in [-0.1, -0.05) is 24.3 Å². The molecule has 0 saturated carbocycles. The van der Waals surface area contributed by atoms with Gasteiger partial charge in [-0.2, -0.15) is 0 Å². The lowest BCUT2D eigenvalue weighted by atomic mass is 10.1. The zero-order valence-electron chi connectivity index (χ0n) is 12.6. The van der Waals surface area contributed by atoms with E-state index in [0.717, 1.165) is 30.0 Å². The lowest BCUT2D eigenvalue weighted by Crippen LogP contribution is -2.27. The Morgan fingerprint density at radius 1 is 1.19 bits per heavy atom. The summed E-state index contributed by atoms with van der Waals surface area (Å²) in [7, 11) is 3.62. The third-order valence-electron chi connectivity index (χ3n) is 3.46. The third-order valence-corrected chi connectivity index (χ3v) is 3.46. The highest BCUT2D eigenvalue weighted by Gasteiger charge is 2.14. The molecule has 1 N–H and O–H groups in total. The number of rotatable bonds is 7. The van der Waals surface area contributed by atoms with E-state index in [1.807, 2.05) is 49.5 Å². The average Bonchev–Trinajstić information content (AvgIpc) is 2.53. The summed E-state index contributed by atoms with van der Waals surface area (Å²) in [5, 5.41) is 10.4. The smallest absolute Gasteiger partial charge is 0.124 e. The van der Waals surface area contributed by atoms with Crippen molar-refractivity contribution in [3.8, 4) is 5.75 Å². The minimum Gasteiger partial charge on any atom is -0.496 e. The topological polar surface area (TPSA) is 45.6 Å². The van der Waals surface area contributed by atoms with Crippen molar-refractivity contribution in [1.29, 1.82) is 0 Å². The van der Waals surface area contributed by atoms with E-state index in [1.54, 1.807) is 13.3 Å². The van der Waals surface area contributed by atoms with Crippen molar-refractivity contribution in [2.45, 2.75) is 12.5 Å². The molecule has 2 rings (SSSR count). The van der Waals surface area contributed by atoms with Crippen LogP contribution < -0.4 is 4.74 Å². The molecule has 0 aliphatic rings. The molecular weight excluding hydrogens is 264 g/mol. The van der Waals surface area contributed by atoms with Crippen LogP contribution in [0.1, 0.15) is 17.4 Å². The Morgan fingerprint density at radius 2 is 1.95 bits per heavy atom. The molecule has 1 heterocycles. The molecule has 0 amide bonds. The van der Waals surface area contributed by atoms with Gasteiger partial charge in [0.25, 0.3) is 0 Å². The highest BCUT2D eigenvalue weighted by atomic mass is 16.5. The summed E-state index contributed by atoms with van der Waals surface area (Å²) in [6.45, 7) is 1.41. The summed E-state index contributed by atoms with van der Waals surface area (Å²) < 4.78 is 5.29. The minimum atomic E-state index is -0.560. The molecule has 1 unspecified atom stereocenters. The summed E-state index contributed by atoms with van der Waals surface area (Å²) >= 11 is 0. The molecule has 4 nitrogen and oxygen atoms in total. The molecule has 1 aromatic heterocycles. The second-order valence-electron chi connectivity index (χ2n) is 5.09. The Hall–Kier alpha value is -1.91. The molecule has 0 spiro atoms. The predicted octanol–water partition coefficient (Wildman–Crippen LogP) is 2.30. The summed E-state index contributed by atoms with van der Waals surface area (Å²) in [4.78, 5) is 6.41. The van der Waals surface area contributed by atoms with Crippen molar-refractivity contribution < 1.29 is 9.84 Å². The van der Waals surface area contributed by atoms with E-state index in [-0.39, 0.29) is 0 Å². The van der Waals surface area contributed by atoms with Gasteiger partial charge in [-0.15, -0.1) is 0 Å². The first-order valence-electron chi connectivity index (χ1n) is 7.10. The van der Waals surface area contributed by atoms with Crippen LogP contribution in [0.4, 0.5) is 0 Å². The van der Waals surface area contributed by atoms with E-state index in [1.165, 1.54) is 0 Å². The number of methoxy groups -OCH3 is 1. The normalized spacial score (nSPS) is 12.4. The van der Waals surface area contributed by atoms with Crippen LogP contribution in [0.5, 0.6) is 5.75 Å². The van der Waals surface area contributed by atoms with Crippen LogP contribution >= 0.6 is 0 Å². The van der Waals surface area contributed by atoms with Crippen molar-refractivity contribution in [1.82, 2.24) is 9.88 Å². The monoisotopic (exact) mass is 286 g/mol. The Morgan fingerprint density at radius 3 is 2.67 bits per heavy atom.